The molecular weight excluding hydrogens is 196 g/mol. The number of aromatic amines is 1. The summed E-state index contributed by atoms with van der Waals surface area (Å²) in [4.78, 5) is 2.21. The second-order valence-electron chi connectivity index (χ2n) is 4.13. The summed E-state index contributed by atoms with van der Waals surface area (Å²) in [5.41, 5.74) is 0. The lowest BCUT2D eigenvalue weighted by Crippen LogP contribution is -2.24. The van der Waals surface area contributed by atoms with Crippen molar-refractivity contribution >= 4 is 18.2 Å². The first-order valence-electron chi connectivity index (χ1n) is 5.01. The zero-order chi connectivity index (χ0) is 10.3. The lowest BCUT2D eigenvalue weighted by atomic mass is 10.4. The Morgan fingerprint density at radius 1 is 1.57 bits per heavy atom. The Morgan fingerprint density at radius 2 is 2.21 bits per heavy atom. The van der Waals surface area contributed by atoms with Crippen molar-refractivity contribution in [2.75, 3.05) is 11.9 Å². The number of anilines is 1. The summed E-state index contributed by atoms with van der Waals surface area (Å²) in [6, 6.07) is 1.02. The molecule has 1 aliphatic carbocycles. The third kappa shape index (κ3) is 1.56. The quantitative estimate of drug-likeness (QED) is 0.780. The normalized spacial score (nSPS) is 16.3. The van der Waals surface area contributed by atoms with Gasteiger partial charge in [-0.05, 0) is 38.9 Å². The van der Waals surface area contributed by atoms with E-state index in [1.54, 1.807) is 0 Å². The number of H-pyrrole nitrogens is 1. The van der Waals surface area contributed by atoms with Crippen LogP contribution in [0.3, 0.4) is 0 Å². The molecule has 4 nitrogen and oxygen atoms in total. The fourth-order valence-corrected chi connectivity index (χ4v) is 1.97. The molecule has 1 aliphatic rings. The van der Waals surface area contributed by atoms with Gasteiger partial charge >= 0.3 is 0 Å². The molecule has 0 aromatic carbocycles. The Balaban J connectivity index is 2.36. The zero-order valence-electron chi connectivity index (χ0n) is 8.82. The zero-order valence-corrected chi connectivity index (χ0v) is 9.64. The molecule has 1 heterocycles. The van der Waals surface area contributed by atoms with Crippen molar-refractivity contribution in [1.29, 1.82) is 0 Å². The maximum Gasteiger partial charge on any atom is 0.225 e. The number of nitrogens with one attached hydrogen (secondary N) is 1. The van der Waals surface area contributed by atoms with Gasteiger partial charge in [-0.15, -0.1) is 5.10 Å². The van der Waals surface area contributed by atoms with Crippen molar-refractivity contribution in [3.8, 4) is 0 Å². The number of hydrogen-bond donors (Lipinski definition) is 1. The van der Waals surface area contributed by atoms with Crippen LogP contribution in [0.1, 0.15) is 32.7 Å². The fraction of sp³-hybridized carbons (Fsp3) is 0.778. The lowest BCUT2D eigenvalue weighted by molar-refractivity contribution is 0.583. The van der Waals surface area contributed by atoms with Crippen molar-refractivity contribution in [3.63, 3.8) is 0 Å². The number of nitrogens with zero attached hydrogens (tertiary/aromatic N) is 3. The molecule has 0 aliphatic heterocycles. The first kappa shape index (κ1) is 9.71. The summed E-state index contributed by atoms with van der Waals surface area (Å²) in [6.45, 7) is 4.24. The maximum atomic E-state index is 5.19. The van der Waals surface area contributed by atoms with E-state index in [9.17, 15) is 0 Å². The SMILES string of the molecule is CC(C)n1c(N(C)C2CC2)n[nH]c1=S. The molecule has 5 heteroatoms. The average molecular weight is 212 g/mol. The lowest BCUT2D eigenvalue weighted by Gasteiger charge is -2.19. The second-order valence-corrected chi connectivity index (χ2v) is 4.52. The monoisotopic (exact) mass is 212 g/mol. The molecule has 1 fully saturated rings. The highest BCUT2D eigenvalue weighted by molar-refractivity contribution is 7.71. The van der Waals surface area contributed by atoms with E-state index < -0.39 is 0 Å². The number of hydrogen-bond acceptors (Lipinski definition) is 3. The van der Waals surface area contributed by atoms with Gasteiger partial charge in [0.15, 0.2) is 4.77 Å². The van der Waals surface area contributed by atoms with Gasteiger partial charge in [0, 0.05) is 19.1 Å². The van der Waals surface area contributed by atoms with E-state index in [0.29, 0.717) is 16.9 Å². The summed E-state index contributed by atoms with van der Waals surface area (Å²) in [5.74, 6) is 0.965. The molecule has 0 unspecified atom stereocenters. The van der Waals surface area contributed by atoms with Crippen LogP contribution in [0.4, 0.5) is 5.95 Å². The number of rotatable bonds is 3. The first-order chi connectivity index (χ1) is 6.61. The van der Waals surface area contributed by atoms with Crippen LogP contribution in [0.5, 0.6) is 0 Å². The van der Waals surface area contributed by atoms with Crippen molar-refractivity contribution in [1.82, 2.24) is 14.8 Å². The third-order valence-electron chi connectivity index (χ3n) is 2.61. The average Bonchev–Trinajstić information content (AvgIpc) is 2.88. The molecule has 2 rings (SSSR count). The van der Waals surface area contributed by atoms with Gasteiger partial charge in [-0.2, -0.15) is 0 Å². The van der Waals surface area contributed by atoms with Gasteiger partial charge in [-0.25, -0.2) is 5.10 Å². The molecule has 1 aromatic rings. The van der Waals surface area contributed by atoms with Crippen molar-refractivity contribution in [3.05, 3.63) is 4.77 Å². The Labute approximate surface area is 88.9 Å². The van der Waals surface area contributed by atoms with Gasteiger partial charge < -0.3 is 4.90 Å². The topological polar surface area (TPSA) is 36.9 Å². The molecule has 0 spiro atoms. The van der Waals surface area contributed by atoms with E-state index in [2.05, 4.69) is 40.6 Å². The Kier molecular flexibility index (Phi) is 2.34. The van der Waals surface area contributed by atoms with Gasteiger partial charge in [0.1, 0.15) is 0 Å². The third-order valence-corrected chi connectivity index (χ3v) is 2.90. The standard InChI is InChI=1S/C9H16N4S/c1-6(2)13-8(10-11-9(13)14)12(3)7-4-5-7/h6-7H,4-5H2,1-3H3,(H,11,14). The predicted molar refractivity (Wildman–Crippen MR) is 59.2 cm³/mol. The minimum absolute atomic E-state index is 0.359. The maximum absolute atomic E-state index is 5.19. The van der Waals surface area contributed by atoms with Gasteiger partial charge in [-0.3, -0.25) is 4.57 Å². The van der Waals surface area contributed by atoms with Gasteiger partial charge in [0.2, 0.25) is 5.95 Å². The predicted octanol–water partition coefficient (Wildman–Crippen LogP) is 2.12. The minimum Gasteiger partial charge on any atom is -0.341 e. The molecule has 1 N–H and O–H groups in total. The van der Waals surface area contributed by atoms with E-state index in [1.807, 2.05) is 0 Å². The smallest absolute Gasteiger partial charge is 0.225 e. The van der Waals surface area contributed by atoms with E-state index in [-0.39, 0.29) is 0 Å². The highest BCUT2D eigenvalue weighted by atomic mass is 32.1. The molecule has 78 valence electrons. The van der Waals surface area contributed by atoms with E-state index in [4.69, 9.17) is 12.2 Å². The molecule has 0 saturated heterocycles. The van der Waals surface area contributed by atoms with E-state index in [1.165, 1.54) is 12.8 Å². The largest absolute Gasteiger partial charge is 0.341 e. The van der Waals surface area contributed by atoms with E-state index >= 15 is 0 Å². The van der Waals surface area contributed by atoms with Crippen LogP contribution in [-0.2, 0) is 0 Å². The molecule has 14 heavy (non-hydrogen) atoms. The van der Waals surface area contributed by atoms with Crippen LogP contribution >= 0.6 is 12.2 Å². The highest BCUT2D eigenvalue weighted by Crippen LogP contribution is 2.30. The van der Waals surface area contributed by atoms with Crippen LogP contribution in [0.2, 0.25) is 0 Å². The van der Waals surface area contributed by atoms with Crippen LogP contribution in [-0.4, -0.2) is 27.9 Å². The van der Waals surface area contributed by atoms with Crippen LogP contribution in [0.25, 0.3) is 0 Å². The first-order valence-corrected chi connectivity index (χ1v) is 5.42. The molecule has 0 radical (unpaired) electrons. The van der Waals surface area contributed by atoms with Crippen LogP contribution in [0.15, 0.2) is 0 Å². The Bertz CT molecular complexity index is 374. The molecule has 0 amide bonds. The van der Waals surface area contributed by atoms with Crippen molar-refractivity contribution in [2.24, 2.45) is 0 Å². The van der Waals surface area contributed by atoms with Gasteiger partial charge in [0.25, 0.3) is 0 Å². The summed E-state index contributed by atoms with van der Waals surface area (Å²) in [5, 5.41) is 7.13. The molecular formula is C9H16N4S. The van der Waals surface area contributed by atoms with Gasteiger partial charge in [-0.1, -0.05) is 0 Å². The number of aromatic nitrogens is 3. The Hall–Kier alpha value is -0.840. The second kappa shape index (κ2) is 3.38. The van der Waals surface area contributed by atoms with Crippen LogP contribution in [0, 0.1) is 4.77 Å². The van der Waals surface area contributed by atoms with Crippen molar-refractivity contribution in [2.45, 2.75) is 38.8 Å². The molecule has 1 aromatic heterocycles. The molecule has 1 saturated carbocycles. The summed E-state index contributed by atoms with van der Waals surface area (Å²) in [6.07, 6.45) is 2.54. The highest BCUT2D eigenvalue weighted by Gasteiger charge is 2.29. The summed E-state index contributed by atoms with van der Waals surface area (Å²) in [7, 11) is 2.08. The molecule has 0 atom stereocenters. The fourth-order valence-electron chi connectivity index (χ4n) is 1.64. The molecule has 0 bridgehead atoms. The van der Waals surface area contributed by atoms with Crippen LogP contribution < -0.4 is 4.90 Å². The van der Waals surface area contributed by atoms with E-state index in [0.717, 1.165) is 5.95 Å². The van der Waals surface area contributed by atoms with Gasteiger partial charge in [0.05, 0.1) is 0 Å². The Morgan fingerprint density at radius 3 is 2.71 bits per heavy atom. The minimum atomic E-state index is 0.359. The summed E-state index contributed by atoms with van der Waals surface area (Å²) < 4.78 is 2.77. The van der Waals surface area contributed by atoms with Crippen molar-refractivity contribution < 1.29 is 0 Å². The summed E-state index contributed by atoms with van der Waals surface area (Å²) >= 11 is 5.19.